The molecule has 140 valence electrons. The van der Waals surface area contributed by atoms with E-state index in [1.165, 1.54) is 6.42 Å². The molecule has 2 heterocycles. The topological polar surface area (TPSA) is 73.0 Å². The van der Waals surface area contributed by atoms with Crippen molar-refractivity contribution in [2.45, 2.75) is 52.5 Å². The van der Waals surface area contributed by atoms with E-state index in [4.69, 9.17) is 4.42 Å². The van der Waals surface area contributed by atoms with Crippen LogP contribution >= 0.6 is 0 Å². The summed E-state index contributed by atoms with van der Waals surface area (Å²) in [5.41, 5.74) is 4.77. The average Bonchev–Trinajstić information content (AvgIpc) is 3.13. The molecule has 1 N–H and O–H groups in total. The van der Waals surface area contributed by atoms with Gasteiger partial charge in [0, 0.05) is 23.0 Å². The lowest BCUT2D eigenvalue weighted by Crippen LogP contribution is -2.20. The van der Waals surface area contributed by atoms with Crippen molar-refractivity contribution in [3.05, 3.63) is 53.2 Å². The van der Waals surface area contributed by atoms with Crippen LogP contribution < -0.4 is 5.32 Å². The molecule has 6 heteroatoms. The molecule has 1 fully saturated rings. The summed E-state index contributed by atoms with van der Waals surface area (Å²) >= 11 is 0. The van der Waals surface area contributed by atoms with Crippen LogP contribution in [0.5, 0.6) is 0 Å². The Morgan fingerprint density at radius 2 is 2.04 bits per heavy atom. The highest BCUT2D eigenvalue weighted by Gasteiger charge is 2.26. The maximum atomic E-state index is 12.5. The zero-order valence-corrected chi connectivity index (χ0v) is 16.0. The van der Waals surface area contributed by atoms with Crippen molar-refractivity contribution in [2.75, 3.05) is 5.32 Å². The van der Waals surface area contributed by atoms with Crippen LogP contribution in [0.25, 0.3) is 11.5 Å². The summed E-state index contributed by atoms with van der Waals surface area (Å²) in [6.07, 6.45) is 3.48. The maximum absolute atomic E-state index is 12.5. The first-order valence-electron chi connectivity index (χ1n) is 9.38. The minimum atomic E-state index is -0.0605. The highest BCUT2D eigenvalue weighted by atomic mass is 16.4. The quantitative estimate of drug-likeness (QED) is 0.730. The summed E-state index contributed by atoms with van der Waals surface area (Å²) in [4.78, 5) is 12.5. The predicted molar refractivity (Wildman–Crippen MR) is 104 cm³/mol. The molecule has 0 unspecified atom stereocenters. The van der Waals surface area contributed by atoms with Crippen molar-refractivity contribution in [3.8, 4) is 11.5 Å². The molecule has 3 aromatic rings. The van der Waals surface area contributed by atoms with Crippen molar-refractivity contribution < 1.29 is 9.21 Å². The number of carbonyl (C=O) groups excluding carboxylic acids is 1. The van der Waals surface area contributed by atoms with Gasteiger partial charge in [0.1, 0.15) is 6.54 Å². The van der Waals surface area contributed by atoms with Crippen LogP contribution in [0, 0.1) is 20.8 Å². The molecule has 0 spiro atoms. The standard InChI is InChI=1S/C21H24N4O2/c1-13-6-4-9-17(10-13)22-19(26)12-25-14(2)11-18(15(25)3)21-24-23-20(27-21)16-7-5-8-16/h4,6,9-11,16H,5,7-8,12H2,1-3H3,(H,22,26). The molecule has 1 aliphatic carbocycles. The first-order chi connectivity index (χ1) is 13.0. The van der Waals surface area contributed by atoms with Gasteiger partial charge in [-0.25, -0.2) is 0 Å². The minimum Gasteiger partial charge on any atom is -0.420 e. The Bertz CT molecular complexity index is 982. The van der Waals surface area contributed by atoms with E-state index in [1.807, 2.05) is 55.7 Å². The number of anilines is 1. The summed E-state index contributed by atoms with van der Waals surface area (Å²) in [6.45, 7) is 6.22. The first kappa shape index (κ1) is 17.5. The zero-order chi connectivity index (χ0) is 19.0. The van der Waals surface area contributed by atoms with Crippen molar-refractivity contribution >= 4 is 11.6 Å². The Balaban J connectivity index is 1.52. The number of amides is 1. The van der Waals surface area contributed by atoms with Crippen LogP contribution in [-0.2, 0) is 11.3 Å². The number of carbonyl (C=O) groups is 1. The van der Waals surface area contributed by atoms with E-state index in [1.54, 1.807) is 0 Å². The fraction of sp³-hybridized carbons (Fsp3) is 0.381. The number of nitrogens with zero attached hydrogens (tertiary/aromatic N) is 3. The molecule has 1 amide bonds. The van der Waals surface area contributed by atoms with Gasteiger partial charge in [-0.2, -0.15) is 0 Å². The number of aryl methyl sites for hydroxylation is 2. The summed E-state index contributed by atoms with van der Waals surface area (Å²) in [7, 11) is 0. The molecule has 0 aliphatic heterocycles. The molecule has 4 rings (SSSR count). The monoisotopic (exact) mass is 364 g/mol. The third-order valence-electron chi connectivity index (χ3n) is 5.30. The fourth-order valence-corrected chi connectivity index (χ4v) is 3.49. The Morgan fingerprint density at radius 3 is 2.74 bits per heavy atom. The summed E-state index contributed by atoms with van der Waals surface area (Å²) in [6, 6.07) is 9.80. The highest BCUT2D eigenvalue weighted by molar-refractivity contribution is 5.90. The number of hydrogen-bond donors (Lipinski definition) is 1. The Labute approximate surface area is 158 Å². The molecule has 1 aliphatic rings. The second-order valence-electron chi connectivity index (χ2n) is 7.36. The van der Waals surface area contributed by atoms with E-state index < -0.39 is 0 Å². The number of benzene rings is 1. The smallest absolute Gasteiger partial charge is 0.249 e. The summed E-state index contributed by atoms with van der Waals surface area (Å²) in [5, 5.41) is 11.4. The van der Waals surface area contributed by atoms with Crippen LogP contribution in [0.3, 0.4) is 0 Å². The molecule has 2 aromatic heterocycles. The van der Waals surface area contributed by atoms with Crippen molar-refractivity contribution in [2.24, 2.45) is 0 Å². The fourth-order valence-electron chi connectivity index (χ4n) is 3.49. The van der Waals surface area contributed by atoms with Gasteiger partial charge in [-0.05, 0) is 57.4 Å². The van der Waals surface area contributed by atoms with Crippen LogP contribution in [0.1, 0.15) is 48.0 Å². The van der Waals surface area contributed by atoms with E-state index >= 15 is 0 Å². The third-order valence-corrected chi connectivity index (χ3v) is 5.30. The zero-order valence-electron chi connectivity index (χ0n) is 16.0. The molecular formula is C21H24N4O2. The van der Waals surface area contributed by atoms with Gasteiger partial charge in [-0.3, -0.25) is 4.79 Å². The van der Waals surface area contributed by atoms with Gasteiger partial charge < -0.3 is 14.3 Å². The van der Waals surface area contributed by atoms with Gasteiger partial charge in [0.25, 0.3) is 0 Å². The first-order valence-corrected chi connectivity index (χ1v) is 9.38. The molecular weight excluding hydrogens is 340 g/mol. The van der Waals surface area contributed by atoms with Gasteiger partial charge in [-0.15, -0.1) is 10.2 Å². The molecule has 1 aromatic carbocycles. The summed E-state index contributed by atoms with van der Waals surface area (Å²) in [5.74, 6) is 1.62. The summed E-state index contributed by atoms with van der Waals surface area (Å²) < 4.78 is 7.88. The van der Waals surface area contributed by atoms with Crippen molar-refractivity contribution in [1.82, 2.24) is 14.8 Å². The van der Waals surface area contributed by atoms with Crippen LogP contribution in [0.4, 0.5) is 5.69 Å². The van der Waals surface area contributed by atoms with Crippen LogP contribution in [0.15, 0.2) is 34.7 Å². The second kappa shape index (κ2) is 7.02. The Morgan fingerprint density at radius 1 is 1.22 bits per heavy atom. The normalized spacial score (nSPS) is 14.2. The lowest BCUT2D eigenvalue weighted by molar-refractivity contribution is -0.116. The molecule has 27 heavy (non-hydrogen) atoms. The van der Waals surface area contributed by atoms with Crippen molar-refractivity contribution in [3.63, 3.8) is 0 Å². The Kier molecular flexibility index (Phi) is 4.56. The predicted octanol–water partition coefficient (Wildman–Crippen LogP) is 4.37. The molecule has 0 radical (unpaired) electrons. The maximum Gasteiger partial charge on any atom is 0.249 e. The third kappa shape index (κ3) is 3.52. The number of nitrogens with one attached hydrogen (secondary N) is 1. The number of rotatable bonds is 5. The lowest BCUT2D eigenvalue weighted by atomic mass is 9.85. The van der Waals surface area contributed by atoms with Gasteiger partial charge in [-0.1, -0.05) is 18.6 Å². The van der Waals surface area contributed by atoms with Gasteiger partial charge in [0.05, 0.1) is 5.56 Å². The highest BCUT2D eigenvalue weighted by Crippen LogP contribution is 2.37. The van der Waals surface area contributed by atoms with E-state index in [0.29, 0.717) is 11.8 Å². The number of aromatic nitrogens is 3. The van der Waals surface area contributed by atoms with E-state index in [2.05, 4.69) is 15.5 Å². The molecule has 0 atom stereocenters. The Hall–Kier alpha value is -2.89. The molecule has 0 bridgehead atoms. The molecule has 6 nitrogen and oxygen atoms in total. The molecule has 1 saturated carbocycles. The minimum absolute atomic E-state index is 0.0605. The lowest BCUT2D eigenvalue weighted by Gasteiger charge is -2.20. The second-order valence-corrected chi connectivity index (χ2v) is 7.36. The van der Waals surface area contributed by atoms with Gasteiger partial charge in [0.2, 0.25) is 17.7 Å². The van der Waals surface area contributed by atoms with Gasteiger partial charge in [0.15, 0.2) is 0 Å². The van der Waals surface area contributed by atoms with E-state index in [9.17, 15) is 4.79 Å². The van der Waals surface area contributed by atoms with Crippen molar-refractivity contribution in [1.29, 1.82) is 0 Å². The number of hydrogen-bond acceptors (Lipinski definition) is 4. The SMILES string of the molecule is Cc1cccc(NC(=O)Cn2c(C)cc(-c3nnc(C4CCC4)o3)c2C)c1. The van der Waals surface area contributed by atoms with Gasteiger partial charge >= 0.3 is 0 Å². The molecule has 0 saturated heterocycles. The van der Waals surface area contributed by atoms with Crippen LogP contribution in [-0.4, -0.2) is 20.7 Å². The van der Waals surface area contributed by atoms with E-state index in [-0.39, 0.29) is 12.5 Å². The van der Waals surface area contributed by atoms with E-state index in [0.717, 1.165) is 46.9 Å². The van der Waals surface area contributed by atoms with Crippen LogP contribution in [0.2, 0.25) is 0 Å². The average molecular weight is 364 g/mol. The largest absolute Gasteiger partial charge is 0.420 e.